The van der Waals surface area contributed by atoms with Gasteiger partial charge >= 0.3 is 0 Å². The smallest absolute Gasteiger partial charge is 0.00411 e. The maximum Gasteiger partial charge on any atom is 0.00411 e. The SMILES string of the molecule is CCN(C(C)C)C(C)C.CN1CCCC1. The van der Waals surface area contributed by atoms with E-state index >= 15 is 0 Å². The fraction of sp³-hybridized carbons (Fsp3) is 1.00. The van der Waals surface area contributed by atoms with E-state index < -0.39 is 0 Å². The van der Waals surface area contributed by atoms with Gasteiger partial charge in [0.15, 0.2) is 0 Å². The van der Waals surface area contributed by atoms with E-state index in [1.54, 1.807) is 0 Å². The van der Waals surface area contributed by atoms with Crippen LogP contribution in [0, 0.1) is 0 Å². The van der Waals surface area contributed by atoms with Crippen LogP contribution in [0.4, 0.5) is 0 Å². The van der Waals surface area contributed by atoms with E-state index in [1.807, 2.05) is 0 Å². The van der Waals surface area contributed by atoms with Gasteiger partial charge < -0.3 is 4.90 Å². The van der Waals surface area contributed by atoms with E-state index in [0.29, 0.717) is 12.1 Å². The third-order valence-corrected chi connectivity index (χ3v) is 3.02. The first-order valence-electron chi connectivity index (χ1n) is 6.43. The summed E-state index contributed by atoms with van der Waals surface area (Å²) in [5.74, 6) is 0. The summed E-state index contributed by atoms with van der Waals surface area (Å²) in [6.45, 7) is 15.0. The van der Waals surface area contributed by atoms with Crippen molar-refractivity contribution < 1.29 is 0 Å². The molecule has 0 aromatic rings. The number of likely N-dealkylation sites (tertiary alicyclic amines) is 1. The molecule has 0 N–H and O–H groups in total. The average molecular weight is 214 g/mol. The molecule has 1 fully saturated rings. The molecule has 1 rings (SSSR count). The lowest BCUT2D eigenvalue weighted by Gasteiger charge is -2.28. The molecule has 0 aromatic carbocycles. The molecule has 15 heavy (non-hydrogen) atoms. The predicted octanol–water partition coefficient (Wildman–Crippen LogP) is 2.84. The average Bonchev–Trinajstić information content (AvgIpc) is 2.56. The van der Waals surface area contributed by atoms with Gasteiger partial charge in [-0.2, -0.15) is 0 Å². The van der Waals surface area contributed by atoms with Gasteiger partial charge in [-0.1, -0.05) is 6.92 Å². The van der Waals surface area contributed by atoms with Gasteiger partial charge in [-0.25, -0.2) is 0 Å². The van der Waals surface area contributed by atoms with Gasteiger partial charge in [0, 0.05) is 12.1 Å². The first-order chi connectivity index (χ1) is 6.99. The Kier molecular flexibility index (Phi) is 8.07. The molecular formula is C13H30N2. The highest BCUT2D eigenvalue weighted by Gasteiger charge is 2.09. The largest absolute Gasteiger partial charge is 0.306 e. The van der Waals surface area contributed by atoms with Crippen molar-refractivity contribution in [3.63, 3.8) is 0 Å². The highest BCUT2D eigenvalue weighted by atomic mass is 15.2. The lowest BCUT2D eigenvalue weighted by molar-refractivity contribution is 0.185. The van der Waals surface area contributed by atoms with E-state index in [1.165, 1.54) is 25.9 Å². The van der Waals surface area contributed by atoms with Gasteiger partial charge in [-0.3, -0.25) is 4.90 Å². The molecule has 0 amide bonds. The van der Waals surface area contributed by atoms with Crippen molar-refractivity contribution in [3.05, 3.63) is 0 Å². The summed E-state index contributed by atoms with van der Waals surface area (Å²) >= 11 is 0. The maximum atomic E-state index is 2.46. The molecule has 0 unspecified atom stereocenters. The number of rotatable bonds is 3. The molecule has 0 radical (unpaired) electrons. The maximum absolute atomic E-state index is 2.46. The number of nitrogens with zero attached hydrogens (tertiary/aromatic N) is 2. The lowest BCUT2D eigenvalue weighted by Crippen LogP contribution is -2.36. The van der Waals surface area contributed by atoms with Crippen LogP contribution in [0.1, 0.15) is 47.5 Å². The van der Waals surface area contributed by atoms with E-state index in [-0.39, 0.29) is 0 Å². The molecule has 0 bridgehead atoms. The minimum absolute atomic E-state index is 0.690. The summed E-state index contributed by atoms with van der Waals surface area (Å²) in [7, 11) is 2.17. The standard InChI is InChI=1S/C8H19N.C5H11N/c1-6-9(7(2)3)8(4)5;1-6-4-2-3-5-6/h7-8H,6H2,1-5H3;2-5H2,1H3. The monoisotopic (exact) mass is 214 g/mol. The van der Waals surface area contributed by atoms with Crippen molar-refractivity contribution in [3.8, 4) is 0 Å². The topological polar surface area (TPSA) is 6.48 Å². The first-order valence-corrected chi connectivity index (χ1v) is 6.43. The van der Waals surface area contributed by atoms with Crippen LogP contribution in [0.5, 0.6) is 0 Å². The van der Waals surface area contributed by atoms with Crippen LogP contribution >= 0.6 is 0 Å². The second-order valence-electron chi connectivity index (χ2n) is 5.03. The van der Waals surface area contributed by atoms with Gasteiger partial charge in [0.1, 0.15) is 0 Å². The molecule has 2 nitrogen and oxygen atoms in total. The zero-order valence-corrected chi connectivity index (χ0v) is 11.6. The van der Waals surface area contributed by atoms with Gasteiger partial charge in [0.25, 0.3) is 0 Å². The van der Waals surface area contributed by atoms with Crippen LogP contribution < -0.4 is 0 Å². The Hall–Kier alpha value is -0.0800. The Balaban J connectivity index is 0.000000280. The normalized spacial score (nSPS) is 17.4. The summed E-state index contributed by atoms with van der Waals surface area (Å²) in [6.07, 6.45) is 2.83. The fourth-order valence-corrected chi connectivity index (χ4v) is 2.20. The molecule has 0 spiro atoms. The highest BCUT2D eigenvalue weighted by molar-refractivity contribution is 4.64. The third-order valence-electron chi connectivity index (χ3n) is 3.02. The zero-order valence-electron chi connectivity index (χ0n) is 11.6. The Morgan fingerprint density at radius 2 is 1.40 bits per heavy atom. The molecule has 92 valence electrons. The molecule has 2 heteroatoms. The summed E-state index contributed by atoms with van der Waals surface area (Å²) < 4.78 is 0. The summed E-state index contributed by atoms with van der Waals surface area (Å²) in [4.78, 5) is 4.82. The minimum atomic E-state index is 0.690. The second-order valence-corrected chi connectivity index (χ2v) is 5.03. The van der Waals surface area contributed by atoms with E-state index in [4.69, 9.17) is 0 Å². The highest BCUT2D eigenvalue weighted by Crippen LogP contribution is 2.02. The second kappa shape index (κ2) is 8.12. The van der Waals surface area contributed by atoms with Crippen molar-refractivity contribution in [2.24, 2.45) is 0 Å². The van der Waals surface area contributed by atoms with Crippen molar-refractivity contribution in [1.82, 2.24) is 9.80 Å². The Morgan fingerprint density at radius 3 is 1.47 bits per heavy atom. The van der Waals surface area contributed by atoms with E-state index in [0.717, 1.165) is 6.54 Å². The van der Waals surface area contributed by atoms with Crippen LogP contribution in [0.2, 0.25) is 0 Å². The predicted molar refractivity (Wildman–Crippen MR) is 69.4 cm³/mol. The molecule has 1 aliphatic rings. The lowest BCUT2D eigenvalue weighted by atomic mass is 10.2. The van der Waals surface area contributed by atoms with Gasteiger partial charge in [-0.15, -0.1) is 0 Å². The van der Waals surface area contributed by atoms with Crippen LogP contribution in [-0.2, 0) is 0 Å². The van der Waals surface area contributed by atoms with E-state index in [2.05, 4.69) is 51.5 Å². The Labute approximate surface area is 96.6 Å². The Bertz CT molecular complexity index is 129. The van der Waals surface area contributed by atoms with Crippen molar-refractivity contribution >= 4 is 0 Å². The Morgan fingerprint density at radius 1 is 1.00 bits per heavy atom. The summed E-state index contributed by atoms with van der Waals surface area (Å²) in [5.41, 5.74) is 0. The molecule has 1 heterocycles. The summed E-state index contributed by atoms with van der Waals surface area (Å²) in [5, 5.41) is 0. The van der Waals surface area contributed by atoms with Crippen molar-refractivity contribution in [2.75, 3.05) is 26.7 Å². The zero-order chi connectivity index (χ0) is 11.8. The molecule has 0 aromatic heterocycles. The third kappa shape index (κ3) is 6.91. The molecule has 1 aliphatic heterocycles. The summed E-state index contributed by atoms with van der Waals surface area (Å²) in [6, 6.07) is 1.38. The van der Waals surface area contributed by atoms with Gasteiger partial charge in [0.05, 0.1) is 0 Å². The van der Waals surface area contributed by atoms with Crippen LogP contribution in [0.3, 0.4) is 0 Å². The quantitative estimate of drug-likeness (QED) is 0.713. The van der Waals surface area contributed by atoms with E-state index in [9.17, 15) is 0 Å². The molecule has 0 aliphatic carbocycles. The van der Waals surface area contributed by atoms with Crippen LogP contribution in [0.25, 0.3) is 0 Å². The van der Waals surface area contributed by atoms with Crippen molar-refractivity contribution in [1.29, 1.82) is 0 Å². The van der Waals surface area contributed by atoms with Crippen molar-refractivity contribution in [2.45, 2.75) is 59.5 Å². The number of hydrogen-bond donors (Lipinski definition) is 0. The number of hydrogen-bond acceptors (Lipinski definition) is 2. The fourth-order valence-electron chi connectivity index (χ4n) is 2.20. The van der Waals surface area contributed by atoms with Gasteiger partial charge in [0.2, 0.25) is 0 Å². The first kappa shape index (κ1) is 14.9. The molecule has 0 atom stereocenters. The molecule has 0 saturated carbocycles. The van der Waals surface area contributed by atoms with Crippen LogP contribution in [-0.4, -0.2) is 48.6 Å². The molecule has 1 saturated heterocycles. The van der Waals surface area contributed by atoms with Crippen LogP contribution in [0.15, 0.2) is 0 Å². The van der Waals surface area contributed by atoms with Gasteiger partial charge in [-0.05, 0) is 67.2 Å². The molecular weight excluding hydrogens is 184 g/mol. The minimum Gasteiger partial charge on any atom is -0.306 e.